The third-order valence-corrected chi connectivity index (χ3v) is 5.60. The van der Waals surface area contributed by atoms with Crippen molar-refractivity contribution in [1.82, 2.24) is 5.32 Å². The lowest BCUT2D eigenvalue weighted by atomic mass is 9.84. The van der Waals surface area contributed by atoms with Crippen molar-refractivity contribution in [3.63, 3.8) is 0 Å². The molecule has 0 spiro atoms. The molecule has 3 rings (SSSR count). The Hall–Kier alpha value is -0.670. The molecule has 4 heteroatoms. The Morgan fingerprint density at radius 1 is 1.40 bits per heavy atom. The molecule has 4 unspecified atom stereocenters. The molecule has 0 radical (unpaired) electrons. The lowest BCUT2D eigenvalue weighted by Gasteiger charge is -2.28. The van der Waals surface area contributed by atoms with Crippen LogP contribution in [0.1, 0.15) is 43.0 Å². The van der Waals surface area contributed by atoms with E-state index in [1.54, 1.807) is 18.2 Å². The highest BCUT2D eigenvalue weighted by Crippen LogP contribution is 2.49. The molecule has 1 N–H and O–H groups in total. The molecule has 1 amide bonds. The van der Waals surface area contributed by atoms with Gasteiger partial charge in [-0.05, 0) is 62.1 Å². The molecule has 2 fully saturated rings. The largest absolute Gasteiger partial charge is 0.349 e. The molecule has 20 heavy (non-hydrogen) atoms. The lowest BCUT2D eigenvalue weighted by molar-refractivity contribution is 0.0915. The molecule has 1 aromatic rings. The van der Waals surface area contributed by atoms with Gasteiger partial charge in [-0.2, -0.15) is 0 Å². The fourth-order valence-corrected chi connectivity index (χ4v) is 4.39. The monoisotopic (exact) mass is 309 g/mol. The first-order valence-corrected chi connectivity index (χ1v) is 8.16. The zero-order valence-corrected chi connectivity index (χ0v) is 13.3. The maximum Gasteiger partial charge on any atom is 0.253 e. The summed E-state index contributed by atoms with van der Waals surface area (Å²) in [6.07, 6.45) is 5.35. The highest BCUT2D eigenvalue weighted by Gasteiger charge is 2.42. The number of benzene rings is 1. The van der Waals surface area contributed by atoms with Gasteiger partial charge < -0.3 is 5.32 Å². The third kappa shape index (κ3) is 2.71. The Kier molecular flexibility index (Phi) is 4.00. The van der Waals surface area contributed by atoms with Crippen LogP contribution >= 0.6 is 24.2 Å². The molecular formula is C16H20ClNOS. The van der Waals surface area contributed by atoms with Crippen molar-refractivity contribution in [1.29, 1.82) is 0 Å². The number of carbonyl (C=O) groups is 1. The molecule has 0 aliphatic heterocycles. The predicted octanol–water partition coefficient (Wildman–Crippen LogP) is 4.18. The van der Waals surface area contributed by atoms with Crippen LogP contribution in [0.4, 0.5) is 0 Å². The van der Waals surface area contributed by atoms with E-state index in [4.69, 9.17) is 11.6 Å². The van der Waals surface area contributed by atoms with E-state index >= 15 is 0 Å². The van der Waals surface area contributed by atoms with Crippen LogP contribution in [0.15, 0.2) is 23.1 Å². The normalized spacial score (nSPS) is 29.4. The van der Waals surface area contributed by atoms with Gasteiger partial charge in [0.25, 0.3) is 5.91 Å². The van der Waals surface area contributed by atoms with Gasteiger partial charge in [0.2, 0.25) is 0 Å². The van der Waals surface area contributed by atoms with Gasteiger partial charge >= 0.3 is 0 Å². The Morgan fingerprint density at radius 3 is 2.85 bits per heavy atom. The smallest absolute Gasteiger partial charge is 0.253 e. The zero-order chi connectivity index (χ0) is 14.3. The molecule has 1 aromatic carbocycles. The van der Waals surface area contributed by atoms with Crippen LogP contribution in [-0.4, -0.2) is 11.9 Å². The van der Waals surface area contributed by atoms with Gasteiger partial charge in [-0.15, -0.1) is 12.6 Å². The van der Waals surface area contributed by atoms with Crippen molar-refractivity contribution in [3.05, 3.63) is 28.8 Å². The fraction of sp³-hybridized carbons (Fsp3) is 0.562. The molecule has 2 bridgehead atoms. The van der Waals surface area contributed by atoms with Gasteiger partial charge in [-0.25, -0.2) is 0 Å². The summed E-state index contributed by atoms with van der Waals surface area (Å²) in [4.78, 5) is 13.1. The minimum Gasteiger partial charge on any atom is -0.349 e. The summed E-state index contributed by atoms with van der Waals surface area (Å²) in [7, 11) is 0. The predicted molar refractivity (Wildman–Crippen MR) is 84.6 cm³/mol. The molecule has 0 saturated heterocycles. The second kappa shape index (κ2) is 5.61. The Morgan fingerprint density at radius 2 is 2.20 bits per heavy atom. The topological polar surface area (TPSA) is 29.1 Å². The third-order valence-electron chi connectivity index (χ3n) is 4.99. The summed E-state index contributed by atoms with van der Waals surface area (Å²) < 4.78 is 0. The lowest BCUT2D eigenvalue weighted by Crippen LogP contribution is -2.40. The number of halogens is 1. The summed E-state index contributed by atoms with van der Waals surface area (Å²) in [5.41, 5.74) is 0.522. The molecule has 2 saturated carbocycles. The van der Waals surface area contributed by atoms with Crippen molar-refractivity contribution in [2.75, 3.05) is 0 Å². The van der Waals surface area contributed by atoms with Crippen LogP contribution in [-0.2, 0) is 0 Å². The maximum absolute atomic E-state index is 12.4. The van der Waals surface area contributed by atoms with Crippen molar-refractivity contribution in [2.45, 2.75) is 43.5 Å². The SMILES string of the molecule is CC(NC(=O)c1cc(S)ccc1Cl)C1CC2CCC1C2. The number of carbonyl (C=O) groups excluding carboxylic acids is 1. The molecular weight excluding hydrogens is 290 g/mol. The number of rotatable bonds is 3. The summed E-state index contributed by atoms with van der Waals surface area (Å²) in [5, 5.41) is 3.62. The zero-order valence-electron chi connectivity index (χ0n) is 11.6. The first-order valence-electron chi connectivity index (χ1n) is 7.34. The number of hydrogen-bond donors (Lipinski definition) is 2. The summed E-state index contributed by atoms with van der Waals surface area (Å²) in [6, 6.07) is 5.47. The number of hydrogen-bond acceptors (Lipinski definition) is 2. The van der Waals surface area contributed by atoms with Gasteiger partial charge in [-0.1, -0.05) is 18.0 Å². The molecule has 0 heterocycles. The average Bonchev–Trinajstić information content (AvgIpc) is 3.03. The standard InChI is InChI=1S/C16H20ClNOS/c1-9(13-7-10-2-3-11(13)6-10)18-16(19)14-8-12(20)4-5-15(14)17/h4-5,8-11,13,20H,2-3,6-7H2,1H3,(H,18,19). The Bertz CT molecular complexity index is 533. The molecule has 108 valence electrons. The minimum absolute atomic E-state index is 0.0822. The van der Waals surface area contributed by atoms with Crippen molar-refractivity contribution < 1.29 is 4.79 Å². The van der Waals surface area contributed by atoms with E-state index in [-0.39, 0.29) is 11.9 Å². The van der Waals surface area contributed by atoms with E-state index in [9.17, 15) is 4.79 Å². The molecule has 0 aromatic heterocycles. The second-order valence-electron chi connectivity index (χ2n) is 6.27. The highest BCUT2D eigenvalue weighted by molar-refractivity contribution is 7.80. The molecule has 2 nitrogen and oxygen atoms in total. The van der Waals surface area contributed by atoms with Crippen molar-refractivity contribution >= 4 is 30.1 Å². The van der Waals surface area contributed by atoms with Crippen LogP contribution in [0, 0.1) is 17.8 Å². The summed E-state index contributed by atoms with van der Waals surface area (Å²) in [5.74, 6) is 2.26. The van der Waals surface area contributed by atoms with Gasteiger partial charge in [0, 0.05) is 10.9 Å². The van der Waals surface area contributed by atoms with E-state index in [2.05, 4.69) is 24.9 Å². The first kappa shape index (κ1) is 14.3. The van der Waals surface area contributed by atoms with E-state index in [1.807, 2.05) is 0 Å². The first-order chi connectivity index (χ1) is 9.54. The van der Waals surface area contributed by atoms with Crippen LogP contribution in [0.2, 0.25) is 5.02 Å². The van der Waals surface area contributed by atoms with Crippen LogP contribution < -0.4 is 5.32 Å². The van der Waals surface area contributed by atoms with Crippen LogP contribution in [0.3, 0.4) is 0 Å². The van der Waals surface area contributed by atoms with E-state index in [0.29, 0.717) is 16.5 Å². The van der Waals surface area contributed by atoms with Crippen molar-refractivity contribution in [3.8, 4) is 0 Å². The Labute approximate surface area is 130 Å². The van der Waals surface area contributed by atoms with E-state index < -0.39 is 0 Å². The van der Waals surface area contributed by atoms with Crippen LogP contribution in [0.5, 0.6) is 0 Å². The molecule has 2 aliphatic rings. The quantitative estimate of drug-likeness (QED) is 0.806. The fourth-order valence-electron chi connectivity index (χ4n) is 3.99. The summed E-state index contributed by atoms with van der Waals surface area (Å²) >= 11 is 10.4. The molecule has 2 aliphatic carbocycles. The minimum atomic E-state index is -0.0822. The number of nitrogens with one attached hydrogen (secondary N) is 1. The van der Waals surface area contributed by atoms with Crippen LogP contribution in [0.25, 0.3) is 0 Å². The second-order valence-corrected chi connectivity index (χ2v) is 7.19. The molecule has 4 atom stereocenters. The van der Waals surface area contributed by atoms with E-state index in [1.165, 1.54) is 25.7 Å². The van der Waals surface area contributed by atoms with Crippen molar-refractivity contribution in [2.24, 2.45) is 17.8 Å². The number of fused-ring (bicyclic) bond motifs is 2. The van der Waals surface area contributed by atoms with Gasteiger partial charge in [0.05, 0.1) is 10.6 Å². The maximum atomic E-state index is 12.4. The summed E-state index contributed by atoms with van der Waals surface area (Å²) in [6.45, 7) is 2.13. The van der Waals surface area contributed by atoms with E-state index in [0.717, 1.165) is 16.7 Å². The average molecular weight is 310 g/mol. The van der Waals surface area contributed by atoms with Gasteiger partial charge in [0.1, 0.15) is 0 Å². The number of amides is 1. The van der Waals surface area contributed by atoms with Gasteiger partial charge in [0.15, 0.2) is 0 Å². The Balaban J connectivity index is 1.68. The highest BCUT2D eigenvalue weighted by atomic mass is 35.5. The number of thiol groups is 1. The van der Waals surface area contributed by atoms with Gasteiger partial charge in [-0.3, -0.25) is 4.79 Å².